The Kier molecular flexibility index (Phi) is 4.43. The highest BCUT2D eigenvalue weighted by Gasteiger charge is 2.15. The van der Waals surface area contributed by atoms with Gasteiger partial charge in [0.25, 0.3) is 0 Å². The molecule has 0 radical (unpaired) electrons. The lowest BCUT2D eigenvalue weighted by atomic mass is 9.84. The molecule has 0 aromatic heterocycles. The van der Waals surface area contributed by atoms with Crippen LogP contribution in [-0.4, -0.2) is 0 Å². The van der Waals surface area contributed by atoms with Gasteiger partial charge in [-0.15, -0.1) is 6.58 Å². The minimum atomic E-state index is 0. The second-order valence-corrected chi connectivity index (χ2v) is 4.28. The summed E-state index contributed by atoms with van der Waals surface area (Å²) in [6, 6.07) is 13.1. The third-order valence-electron chi connectivity index (χ3n) is 3.30. The van der Waals surface area contributed by atoms with E-state index in [1.807, 2.05) is 6.08 Å². The van der Waals surface area contributed by atoms with E-state index in [0.29, 0.717) is 5.92 Å². The van der Waals surface area contributed by atoms with Gasteiger partial charge in [0.1, 0.15) is 0 Å². The zero-order valence-corrected chi connectivity index (χ0v) is 10.6. The molecule has 1 aliphatic rings. The summed E-state index contributed by atoms with van der Waals surface area (Å²) < 4.78 is 0. The molecule has 94 valence electrons. The molecular formula is C16H20N2. The second kappa shape index (κ2) is 5.63. The van der Waals surface area contributed by atoms with E-state index in [1.54, 1.807) is 0 Å². The van der Waals surface area contributed by atoms with Crippen LogP contribution < -0.4 is 12.3 Å². The Morgan fingerprint density at radius 2 is 1.78 bits per heavy atom. The third kappa shape index (κ3) is 2.08. The van der Waals surface area contributed by atoms with Crippen molar-refractivity contribution in [3.8, 4) is 0 Å². The Balaban J connectivity index is 0.000000810. The molecule has 0 fully saturated rings. The molecule has 6 N–H and O–H groups in total. The molecule has 1 unspecified atom stereocenters. The van der Waals surface area contributed by atoms with Crippen LogP contribution in [0.5, 0.6) is 0 Å². The molecule has 1 aliphatic carbocycles. The highest BCUT2D eigenvalue weighted by Crippen LogP contribution is 2.36. The number of allylic oxidation sites excluding steroid dienone is 2. The van der Waals surface area contributed by atoms with Crippen molar-refractivity contribution in [2.24, 2.45) is 0 Å². The SMILES string of the molecule is C=CCC1C=Cc2cccc3cccc1c23.N.N. The van der Waals surface area contributed by atoms with Crippen LogP contribution in [0.3, 0.4) is 0 Å². The van der Waals surface area contributed by atoms with Gasteiger partial charge in [-0.3, -0.25) is 0 Å². The third-order valence-corrected chi connectivity index (χ3v) is 3.30. The molecule has 3 rings (SSSR count). The van der Waals surface area contributed by atoms with Crippen molar-refractivity contribution in [3.05, 3.63) is 66.3 Å². The van der Waals surface area contributed by atoms with Crippen LogP contribution in [0, 0.1) is 0 Å². The minimum Gasteiger partial charge on any atom is -0.344 e. The van der Waals surface area contributed by atoms with Gasteiger partial charge in [0.15, 0.2) is 0 Å². The van der Waals surface area contributed by atoms with Crippen molar-refractivity contribution in [1.82, 2.24) is 12.3 Å². The number of rotatable bonds is 2. The van der Waals surface area contributed by atoms with Crippen molar-refractivity contribution in [2.75, 3.05) is 0 Å². The fourth-order valence-electron chi connectivity index (χ4n) is 2.56. The fraction of sp³-hybridized carbons (Fsp3) is 0.125. The molecule has 2 aromatic carbocycles. The maximum atomic E-state index is 3.84. The zero-order chi connectivity index (χ0) is 11.0. The molecule has 0 spiro atoms. The van der Waals surface area contributed by atoms with Crippen LogP contribution in [0.25, 0.3) is 16.8 Å². The Labute approximate surface area is 108 Å². The van der Waals surface area contributed by atoms with Crippen molar-refractivity contribution < 1.29 is 0 Å². The number of hydrogen-bond donors (Lipinski definition) is 2. The quantitative estimate of drug-likeness (QED) is 0.736. The average molecular weight is 240 g/mol. The van der Waals surface area contributed by atoms with Crippen LogP contribution in [-0.2, 0) is 0 Å². The molecule has 0 saturated carbocycles. The molecule has 18 heavy (non-hydrogen) atoms. The number of hydrogen-bond acceptors (Lipinski definition) is 2. The van der Waals surface area contributed by atoms with E-state index in [-0.39, 0.29) is 12.3 Å². The van der Waals surface area contributed by atoms with Crippen molar-refractivity contribution in [1.29, 1.82) is 0 Å². The van der Waals surface area contributed by atoms with E-state index in [0.717, 1.165) is 6.42 Å². The Hall–Kier alpha value is -1.90. The molecule has 2 nitrogen and oxygen atoms in total. The van der Waals surface area contributed by atoms with Gasteiger partial charge in [0.05, 0.1) is 0 Å². The first-order chi connectivity index (χ1) is 7.90. The summed E-state index contributed by atoms with van der Waals surface area (Å²) in [5.41, 5.74) is 2.78. The molecule has 0 bridgehead atoms. The van der Waals surface area contributed by atoms with Gasteiger partial charge >= 0.3 is 0 Å². The van der Waals surface area contributed by atoms with Crippen LogP contribution in [0.15, 0.2) is 55.1 Å². The monoisotopic (exact) mass is 240 g/mol. The van der Waals surface area contributed by atoms with Gasteiger partial charge in [0, 0.05) is 5.92 Å². The minimum absolute atomic E-state index is 0. The Morgan fingerprint density at radius 3 is 2.50 bits per heavy atom. The van der Waals surface area contributed by atoms with Crippen LogP contribution in [0.2, 0.25) is 0 Å². The first-order valence-electron chi connectivity index (χ1n) is 5.71. The summed E-state index contributed by atoms with van der Waals surface area (Å²) in [4.78, 5) is 0. The summed E-state index contributed by atoms with van der Waals surface area (Å²) >= 11 is 0. The second-order valence-electron chi connectivity index (χ2n) is 4.28. The van der Waals surface area contributed by atoms with Crippen molar-refractivity contribution in [2.45, 2.75) is 12.3 Å². The first kappa shape index (κ1) is 14.2. The average Bonchev–Trinajstić information content (AvgIpc) is 2.33. The first-order valence-corrected chi connectivity index (χ1v) is 5.71. The molecule has 2 aromatic rings. The smallest absolute Gasteiger partial charge is 0.00620 e. The molecule has 0 amide bonds. The molecular weight excluding hydrogens is 220 g/mol. The van der Waals surface area contributed by atoms with E-state index in [4.69, 9.17) is 0 Å². The largest absolute Gasteiger partial charge is 0.344 e. The van der Waals surface area contributed by atoms with E-state index < -0.39 is 0 Å². The summed E-state index contributed by atoms with van der Waals surface area (Å²) in [6.45, 7) is 3.84. The molecule has 0 saturated heterocycles. The van der Waals surface area contributed by atoms with Gasteiger partial charge in [-0.1, -0.05) is 54.6 Å². The van der Waals surface area contributed by atoms with Gasteiger partial charge in [-0.2, -0.15) is 0 Å². The Morgan fingerprint density at radius 1 is 1.06 bits per heavy atom. The topological polar surface area (TPSA) is 70.0 Å². The van der Waals surface area contributed by atoms with Crippen LogP contribution >= 0.6 is 0 Å². The molecule has 0 aliphatic heterocycles. The predicted molar refractivity (Wildman–Crippen MR) is 80.6 cm³/mol. The van der Waals surface area contributed by atoms with E-state index in [2.05, 4.69) is 55.1 Å². The van der Waals surface area contributed by atoms with E-state index in [9.17, 15) is 0 Å². The Bertz CT molecular complexity index is 579. The van der Waals surface area contributed by atoms with Crippen LogP contribution in [0.1, 0.15) is 23.5 Å². The van der Waals surface area contributed by atoms with Gasteiger partial charge < -0.3 is 12.3 Å². The lowest BCUT2D eigenvalue weighted by Gasteiger charge is -2.20. The highest BCUT2D eigenvalue weighted by molar-refractivity contribution is 5.95. The van der Waals surface area contributed by atoms with E-state index in [1.165, 1.54) is 21.9 Å². The number of benzene rings is 2. The lowest BCUT2D eigenvalue weighted by Crippen LogP contribution is -2.00. The molecule has 1 atom stereocenters. The van der Waals surface area contributed by atoms with Gasteiger partial charge in [-0.25, -0.2) is 0 Å². The summed E-state index contributed by atoms with van der Waals surface area (Å²) in [5, 5.41) is 2.76. The summed E-state index contributed by atoms with van der Waals surface area (Å²) in [7, 11) is 0. The fourth-order valence-corrected chi connectivity index (χ4v) is 2.56. The molecule has 2 heteroatoms. The summed E-state index contributed by atoms with van der Waals surface area (Å²) in [6.07, 6.45) is 7.55. The zero-order valence-electron chi connectivity index (χ0n) is 10.6. The normalized spacial score (nSPS) is 15.7. The van der Waals surface area contributed by atoms with Gasteiger partial charge in [-0.05, 0) is 28.3 Å². The summed E-state index contributed by atoms with van der Waals surface area (Å²) in [5.74, 6) is 0.496. The predicted octanol–water partition coefficient (Wildman–Crippen LogP) is 4.85. The van der Waals surface area contributed by atoms with Crippen molar-refractivity contribution in [3.63, 3.8) is 0 Å². The molecule has 0 heterocycles. The van der Waals surface area contributed by atoms with E-state index >= 15 is 0 Å². The maximum absolute atomic E-state index is 3.84. The van der Waals surface area contributed by atoms with Crippen molar-refractivity contribution >= 4 is 16.8 Å². The maximum Gasteiger partial charge on any atom is 0.00620 e. The lowest BCUT2D eigenvalue weighted by molar-refractivity contribution is 0.874. The standard InChI is InChI=1S/C16H14.2H3N/c1-2-5-12-10-11-14-7-3-6-13-8-4-9-15(12)16(13)14;;/h2-4,6-12H,1,5H2;2*1H3. The van der Waals surface area contributed by atoms with Gasteiger partial charge in [0.2, 0.25) is 0 Å². The highest BCUT2D eigenvalue weighted by atomic mass is 14.2. The van der Waals surface area contributed by atoms with Crippen LogP contribution in [0.4, 0.5) is 0 Å².